The number of hydrazone groups is 1. The van der Waals surface area contributed by atoms with E-state index in [4.69, 9.17) is 4.74 Å². The fourth-order valence-corrected chi connectivity index (χ4v) is 1.88. The number of ether oxygens (including phenoxy) is 1. The number of halogens is 1. The predicted molar refractivity (Wildman–Crippen MR) is 77.6 cm³/mol. The third-order valence-corrected chi connectivity index (χ3v) is 2.87. The van der Waals surface area contributed by atoms with Crippen LogP contribution in [0.1, 0.15) is 25.8 Å². The molecule has 1 aromatic rings. The van der Waals surface area contributed by atoms with E-state index in [9.17, 15) is 9.90 Å². The van der Waals surface area contributed by atoms with Crippen LogP contribution in [0, 0.1) is 5.92 Å². The summed E-state index contributed by atoms with van der Waals surface area (Å²) in [5.41, 5.74) is 3.15. The van der Waals surface area contributed by atoms with Crippen LogP contribution in [0.15, 0.2) is 21.7 Å². The fraction of sp³-hybridized carbons (Fsp3) is 0.385. The number of nitrogens with one attached hydrogen (secondary N) is 1. The minimum Gasteiger partial charge on any atom is -0.503 e. The highest BCUT2D eigenvalue weighted by atomic mass is 79.9. The summed E-state index contributed by atoms with van der Waals surface area (Å²) < 4.78 is 5.52. The van der Waals surface area contributed by atoms with Crippen molar-refractivity contribution in [2.24, 2.45) is 11.0 Å². The summed E-state index contributed by atoms with van der Waals surface area (Å²) >= 11 is 3.21. The molecule has 0 heterocycles. The summed E-state index contributed by atoms with van der Waals surface area (Å²) in [6, 6.07) is 3.30. The van der Waals surface area contributed by atoms with Crippen LogP contribution in [-0.2, 0) is 4.79 Å². The maximum Gasteiger partial charge on any atom is 0.240 e. The van der Waals surface area contributed by atoms with Gasteiger partial charge in [0, 0.05) is 6.42 Å². The van der Waals surface area contributed by atoms with Crippen LogP contribution in [0.3, 0.4) is 0 Å². The topological polar surface area (TPSA) is 70.9 Å². The minimum absolute atomic E-state index is 0.0310. The zero-order valence-electron chi connectivity index (χ0n) is 11.1. The van der Waals surface area contributed by atoms with Crippen molar-refractivity contribution >= 4 is 28.1 Å². The highest BCUT2D eigenvalue weighted by molar-refractivity contribution is 9.10. The molecule has 1 amide bonds. The molecule has 19 heavy (non-hydrogen) atoms. The standard InChI is InChI=1S/C13H17BrN2O3/c1-8(2)4-12(17)16-15-7-9-5-10(14)13(18)11(6-9)19-3/h5-8,18H,4H2,1-3H3,(H,16,17)/b15-7-. The van der Waals surface area contributed by atoms with Crippen molar-refractivity contribution in [2.45, 2.75) is 20.3 Å². The second-order valence-corrected chi connectivity index (χ2v) is 5.30. The highest BCUT2D eigenvalue weighted by Crippen LogP contribution is 2.34. The molecule has 0 bridgehead atoms. The van der Waals surface area contributed by atoms with Crippen LogP contribution in [0.4, 0.5) is 0 Å². The average molecular weight is 329 g/mol. The third-order valence-electron chi connectivity index (χ3n) is 2.27. The van der Waals surface area contributed by atoms with Crippen LogP contribution in [0.2, 0.25) is 0 Å². The van der Waals surface area contributed by atoms with Gasteiger partial charge in [-0.15, -0.1) is 0 Å². The van der Waals surface area contributed by atoms with Crippen molar-refractivity contribution in [3.63, 3.8) is 0 Å². The van der Waals surface area contributed by atoms with Gasteiger partial charge in [-0.25, -0.2) is 5.43 Å². The Morgan fingerprint density at radius 2 is 2.26 bits per heavy atom. The number of methoxy groups -OCH3 is 1. The van der Waals surface area contributed by atoms with Crippen LogP contribution in [0.5, 0.6) is 11.5 Å². The van der Waals surface area contributed by atoms with E-state index in [1.807, 2.05) is 13.8 Å². The van der Waals surface area contributed by atoms with Crippen LogP contribution >= 0.6 is 15.9 Å². The van der Waals surface area contributed by atoms with Crippen molar-refractivity contribution < 1.29 is 14.6 Å². The maximum absolute atomic E-state index is 11.4. The Bertz CT molecular complexity index is 487. The lowest BCUT2D eigenvalue weighted by atomic mass is 10.1. The Kier molecular flexibility index (Phi) is 5.82. The van der Waals surface area contributed by atoms with E-state index in [0.717, 1.165) is 0 Å². The summed E-state index contributed by atoms with van der Waals surface area (Å²) in [7, 11) is 1.47. The lowest BCUT2D eigenvalue weighted by Gasteiger charge is -2.06. The molecule has 104 valence electrons. The van der Waals surface area contributed by atoms with Gasteiger partial charge in [0.05, 0.1) is 17.8 Å². The number of phenols is 1. The van der Waals surface area contributed by atoms with E-state index in [1.165, 1.54) is 13.3 Å². The largest absolute Gasteiger partial charge is 0.503 e. The number of amides is 1. The highest BCUT2D eigenvalue weighted by Gasteiger charge is 2.07. The molecule has 0 aliphatic rings. The van der Waals surface area contributed by atoms with Crippen molar-refractivity contribution in [3.8, 4) is 11.5 Å². The minimum atomic E-state index is -0.129. The molecule has 1 rings (SSSR count). The summed E-state index contributed by atoms with van der Waals surface area (Å²) in [4.78, 5) is 11.4. The van der Waals surface area contributed by atoms with Crippen molar-refractivity contribution in [1.29, 1.82) is 0 Å². The zero-order valence-corrected chi connectivity index (χ0v) is 12.7. The molecule has 0 saturated carbocycles. The van der Waals surface area contributed by atoms with E-state index in [0.29, 0.717) is 22.2 Å². The van der Waals surface area contributed by atoms with Crippen molar-refractivity contribution in [3.05, 3.63) is 22.2 Å². The lowest BCUT2D eigenvalue weighted by molar-refractivity contribution is -0.121. The summed E-state index contributed by atoms with van der Waals surface area (Å²) in [6.45, 7) is 3.93. The first-order valence-electron chi connectivity index (χ1n) is 5.82. The monoisotopic (exact) mass is 328 g/mol. The second-order valence-electron chi connectivity index (χ2n) is 4.44. The molecule has 0 radical (unpaired) electrons. The zero-order chi connectivity index (χ0) is 14.4. The number of aromatic hydroxyl groups is 1. The van der Waals surface area contributed by atoms with Gasteiger partial charge in [-0.3, -0.25) is 4.79 Å². The summed E-state index contributed by atoms with van der Waals surface area (Å²) in [6.07, 6.45) is 1.92. The van der Waals surface area contributed by atoms with Gasteiger partial charge >= 0.3 is 0 Å². The quantitative estimate of drug-likeness (QED) is 0.644. The van der Waals surface area contributed by atoms with E-state index in [2.05, 4.69) is 26.5 Å². The first kappa shape index (κ1) is 15.5. The number of hydrogen-bond acceptors (Lipinski definition) is 4. The van der Waals surface area contributed by atoms with Gasteiger partial charge in [-0.2, -0.15) is 5.10 Å². The average Bonchev–Trinajstić information content (AvgIpc) is 2.32. The Labute approximate surface area is 120 Å². The molecular formula is C13H17BrN2O3. The molecule has 5 nitrogen and oxygen atoms in total. The van der Waals surface area contributed by atoms with Gasteiger partial charge in [0.25, 0.3) is 0 Å². The first-order chi connectivity index (χ1) is 8.93. The van der Waals surface area contributed by atoms with Gasteiger partial charge in [-0.05, 0) is 39.5 Å². The molecule has 1 aromatic carbocycles. The van der Waals surface area contributed by atoms with E-state index < -0.39 is 0 Å². The molecule has 0 saturated heterocycles. The number of nitrogens with zero attached hydrogens (tertiary/aromatic N) is 1. The molecule has 0 atom stereocenters. The van der Waals surface area contributed by atoms with Crippen molar-refractivity contribution in [2.75, 3.05) is 7.11 Å². The van der Waals surface area contributed by atoms with Gasteiger partial charge < -0.3 is 9.84 Å². The fourth-order valence-electron chi connectivity index (χ4n) is 1.42. The molecule has 0 aliphatic carbocycles. The van der Waals surface area contributed by atoms with Gasteiger partial charge in [0.2, 0.25) is 5.91 Å². The molecular weight excluding hydrogens is 312 g/mol. The summed E-state index contributed by atoms with van der Waals surface area (Å²) in [5.74, 6) is 0.530. The number of carbonyl (C=O) groups excluding carboxylic acids is 1. The smallest absolute Gasteiger partial charge is 0.240 e. The molecule has 6 heteroatoms. The number of benzene rings is 1. The number of hydrogen-bond donors (Lipinski definition) is 2. The number of rotatable bonds is 5. The molecule has 0 unspecified atom stereocenters. The Balaban J connectivity index is 2.72. The van der Waals surface area contributed by atoms with E-state index >= 15 is 0 Å². The van der Waals surface area contributed by atoms with E-state index in [1.54, 1.807) is 12.1 Å². The number of carbonyl (C=O) groups is 1. The second kappa shape index (κ2) is 7.13. The molecule has 0 aromatic heterocycles. The van der Waals surface area contributed by atoms with Gasteiger partial charge in [-0.1, -0.05) is 13.8 Å². The molecule has 0 aliphatic heterocycles. The van der Waals surface area contributed by atoms with Gasteiger partial charge in [0.15, 0.2) is 11.5 Å². The predicted octanol–water partition coefficient (Wildman–Crippen LogP) is 2.66. The van der Waals surface area contributed by atoms with Crippen molar-refractivity contribution in [1.82, 2.24) is 5.43 Å². The summed E-state index contributed by atoms with van der Waals surface area (Å²) in [5, 5.41) is 13.5. The molecule has 0 fully saturated rings. The Hall–Kier alpha value is -1.56. The third kappa shape index (κ3) is 4.90. The first-order valence-corrected chi connectivity index (χ1v) is 6.61. The normalized spacial score (nSPS) is 11.0. The van der Waals surface area contributed by atoms with Crippen LogP contribution < -0.4 is 10.2 Å². The van der Waals surface area contributed by atoms with Crippen LogP contribution in [-0.4, -0.2) is 24.3 Å². The van der Waals surface area contributed by atoms with Gasteiger partial charge in [0.1, 0.15) is 0 Å². The lowest BCUT2D eigenvalue weighted by Crippen LogP contribution is -2.19. The van der Waals surface area contributed by atoms with Crippen LogP contribution in [0.25, 0.3) is 0 Å². The van der Waals surface area contributed by atoms with E-state index in [-0.39, 0.29) is 17.6 Å². The molecule has 2 N–H and O–H groups in total. The Morgan fingerprint density at radius 1 is 1.58 bits per heavy atom. The maximum atomic E-state index is 11.4. The SMILES string of the molecule is COc1cc(/C=N\NC(=O)CC(C)C)cc(Br)c1O. The molecule has 0 spiro atoms. The number of phenolic OH excluding ortho intramolecular Hbond substituents is 1. The Morgan fingerprint density at radius 3 is 2.84 bits per heavy atom.